The molecule has 0 aliphatic heterocycles. The van der Waals surface area contributed by atoms with Crippen molar-refractivity contribution < 1.29 is 22.4 Å². The second-order valence-corrected chi connectivity index (χ2v) is 9.93. The number of carbonyl (C=O) groups is 1. The summed E-state index contributed by atoms with van der Waals surface area (Å²) in [5.74, 6) is -0.551. The van der Waals surface area contributed by atoms with E-state index in [4.69, 9.17) is 0 Å². The first-order valence-electron chi connectivity index (χ1n) is 12.0. The van der Waals surface area contributed by atoms with Crippen molar-refractivity contribution in [3.05, 3.63) is 111 Å². The zero-order valence-corrected chi connectivity index (χ0v) is 21.2. The molecule has 0 radical (unpaired) electrons. The summed E-state index contributed by atoms with van der Waals surface area (Å²) >= 11 is 0. The smallest absolute Gasteiger partial charge is 0.298 e. The molecule has 4 aromatic rings. The normalized spacial score (nSPS) is 12.1. The average molecular weight is 526 g/mol. The van der Waals surface area contributed by atoms with Crippen molar-refractivity contribution in [2.45, 2.75) is 51.9 Å². The monoisotopic (exact) mass is 525 g/mol. The molecule has 0 saturated carbocycles. The van der Waals surface area contributed by atoms with Crippen LogP contribution in [0.25, 0.3) is 11.4 Å². The first-order chi connectivity index (χ1) is 17.9. The topological polar surface area (TPSA) is 56.9 Å². The number of Topliss-reactive ketones (excluding diaryl/α,β-unsaturated/α-hetero) is 1. The van der Waals surface area contributed by atoms with Gasteiger partial charge in [-0.05, 0) is 35.6 Å². The molecule has 0 bridgehead atoms. The van der Waals surface area contributed by atoms with Crippen molar-refractivity contribution in [1.29, 1.82) is 0 Å². The fraction of sp³-hybridized carbons (Fsp3) is 0.276. The molecule has 3 aromatic carbocycles. The number of halogens is 4. The number of aryl methyl sites for hydroxylation is 1. The average Bonchev–Trinajstić information content (AvgIpc) is 3.14. The summed E-state index contributed by atoms with van der Waals surface area (Å²) in [4.78, 5) is 26.5. The third-order valence-electron chi connectivity index (χ3n) is 6.53. The minimum atomic E-state index is -4.50. The fourth-order valence-corrected chi connectivity index (χ4v) is 4.44. The number of carbonyl (C=O) groups excluding carboxylic acids is 1. The van der Waals surface area contributed by atoms with Gasteiger partial charge in [-0.15, -0.1) is 5.10 Å². The van der Waals surface area contributed by atoms with Gasteiger partial charge in [0.2, 0.25) is 0 Å². The molecule has 0 fully saturated rings. The van der Waals surface area contributed by atoms with E-state index in [-0.39, 0.29) is 25.3 Å². The van der Waals surface area contributed by atoms with Gasteiger partial charge in [0.05, 0.1) is 12.1 Å². The van der Waals surface area contributed by atoms with E-state index in [1.807, 2.05) is 19.1 Å². The molecule has 0 atom stereocenters. The van der Waals surface area contributed by atoms with Crippen LogP contribution in [0.1, 0.15) is 42.5 Å². The Morgan fingerprint density at radius 3 is 2.26 bits per heavy atom. The predicted molar refractivity (Wildman–Crippen MR) is 136 cm³/mol. The second kappa shape index (κ2) is 10.4. The molecular formula is C29H27F4N3O2. The van der Waals surface area contributed by atoms with Crippen LogP contribution in [0.4, 0.5) is 17.6 Å². The zero-order valence-electron chi connectivity index (χ0n) is 21.2. The molecule has 9 heteroatoms. The van der Waals surface area contributed by atoms with Crippen molar-refractivity contribution in [2.75, 3.05) is 0 Å². The molecular weight excluding hydrogens is 498 g/mol. The van der Waals surface area contributed by atoms with Gasteiger partial charge in [0.1, 0.15) is 12.4 Å². The molecule has 0 unspecified atom stereocenters. The minimum Gasteiger partial charge on any atom is -0.298 e. The van der Waals surface area contributed by atoms with E-state index >= 15 is 0 Å². The van der Waals surface area contributed by atoms with E-state index < -0.39 is 28.7 Å². The van der Waals surface area contributed by atoms with Crippen molar-refractivity contribution >= 4 is 5.78 Å². The van der Waals surface area contributed by atoms with Gasteiger partial charge in [-0.25, -0.2) is 13.9 Å². The molecule has 0 aliphatic carbocycles. The van der Waals surface area contributed by atoms with Gasteiger partial charge in [-0.2, -0.15) is 13.2 Å². The van der Waals surface area contributed by atoms with Gasteiger partial charge >= 0.3 is 11.9 Å². The van der Waals surface area contributed by atoms with Gasteiger partial charge in [-0.1, -0.05) is 74.5 Å². The number of ketones is 1. The number of hydrogen-bond acceptors (Lipinski definition) is 3. The molecule has 38 heavy (non-hydrogen) atoms. The van der Waals surface area contributed by atoms with Crippen LogP contribution in [0.15, 0.2) is 77.6 Å². The third kappa shape index (κ3) is 5.77. The fourth-order valence-electron chi connectivity index (χ4n) is 4.44. The molecule has 0 saturated heterocycles. The van der Waals surface area contributed by atoms with Crippen LogP contribution in [0.3, 0.4) is 0 Å². The number of aromatic nitrogens is 3. The Labute approximate surface area is 217 Å². The zero-order chi connectivity index (χ0) is 27.7. The summed E-state index contributed by atoms with van der Waals surface area (Å²) < 4.78 is 56.4. The van der Waals surface area contributed by atoms with E-state index in [1.54, 1.807) is 50.2 Å². The first-order valence-corrected chi connectivity index (χ1v) is 12.0. The first kappa shape index (κ1) is 27.0. The Morgan fingerprint density at radius 1 is 0.921 bits per heavy atom. The molecule has 5 nitrogen and oxygen atoms in total. The second-order valence-electron chi connectivity index (χ2n) is 9.93. The molecule has 4 rings (SSSR count). The lowest BCUT2D eigenvalue weighted by molar-refractivity contribution is -0.137. The maximum Gasteiger partial charge on any atom is 0.416 e. The summed E-state index contributed by atoms with van der Waals surface area (Å²) in [6, 6.07) is 18.3. The van der Waals surface area contributed by atoms with Crippen molar-refractivity contribution in [1.82, 2.24) is 14.3 Å². The van der Waals surface area contributed by atoms with E-state index in [0.29, 0.717) is 22.5 Å². The number of nitrogens with zero attached hydrogens (tertiary/aromatic N) is 3. The van der Waals surface area contributed by atoms with Gasteiger partial charge < -0.3 is 0 Å². The molecule has 1 aromatic heterocycles. The summed E-state index contributed by atoms with van der Waals surface area (Å²) in [5, 5.41) is 4.43. The van der Waals surface area contributed by atoms with Crippen LogP contribution in [0.5, 0.6) is 0 Å². The van der Waals surface area contributed by atoms with Crippen molar-refractivity contribution in [3.8, 4) is 11.4 Å². The largest absolute Gasteiger partial charge is 0.416 e. The summed E-state index contributed by atoms with van der Waals surface area (Å²) in [6.45, 7) is 4.76. The molecule has 0 spiro atoms. The number of benzene rings is 3. The third-order valence-corrected chi connectivity index (χ3v) is 6.53. The highest BCUT2D eigenvalue weighted by atomic mass is 19.4. The molecule has 198 valence electrons. The van der Waals surface area contributed by atoms with Crippen molar-refractivity contribution in [2.24, 2.45) is 0 Å². The minimum absolute atomic E-state index is 0.0842. The lowest BCUT2D eigenvalue weighted by atomic mass is 9.79. The molecule has 0 N–H and O–H groups in total. The van der Waals surface area contributed by atoms with Gasteiger partial charge in [0, 0.05) is 17.5 Å². The van der Waals surface area contributed by atoms with E-state index in [1.165, 1.54) is 16.7 Å². The van der Waals surface area contributed by atoms with Crippen LogP contribution in [-0.4, -0.2) is 20.1 Å². The summed E-state index contributed by atoms with van der Waals surface area (Å²) in [5.41, 5.74) is -0.137. The van der Waals surface area contributed by atoms with E-state index in [9.17, 15) is 27.2 Å². The SMILES string of the molecule is Cc1ccccc1-c1nn(CC(=O)CC(C)(C)c2cccc(C(F)(F)F)c2)c(=O)n1Cc1ccccc1F. The van der Waals surface area contributed by atoms with E-state index in [2.05, 4.69) is 5.10 Å². The van der Waals surface area contributed by atoms with Crippen LogP contribution in [-0.2, 0) is 29.5 Å². The Bertz CT molecular complexity index is 1530. The van der Waals surface area contributed by atoms with Gasteiger partial charge in [-0.3, -0.25) is 9.36 Å². The van der Waals surface area contributed by atoms with Crippen molar-refractivity contribution in [3.63, 3.8) is 0 Å². The molecule has 0 aliphatic rings. The highest BCUT2D eigenvalue weighted by Gasteiger charge is 2.33. The standard InChI is InChI=1S/C29H27F4N3O2/c1-19-9-4-6-13-24(19)26-34-36(27(38)35(26)17-20-10-5-7-14-25(20)30)18-23(37)16-28(2,3)21-11-8-12-22(15-21)29(31,32)33/h4-15H,16-18H2,1-3H3. The van der Waals surface area contributed by atoms with Crippen LogP contribution < -0.4 is 5.69 Å². The summed E-state index contributed by atoms with van der Waals surface area (Å²) in [7, 11) is 0. The molecule has 1 heterocycles. The quantitative estimate of drug-likeness (QED) is 0.259. The lowest BCUT2D eigenvalue weighted by Crippen LogP contribution is -2.31. The highest BCUT2D eigenvalue weighted by molar-refractivity contribution is 5.79. The lowest BCUT2D eigenvalue weighted by Gasteiger charge is -2.25. The number of alkyl halides is 3. The van der Waals surface area contributed by atoms with Gasteiger partial charge in [0.15, 0.2) is 11.6 Å². The Hall–Kier alpha value is -4.01. The van der Waals surface area contributed by atoms with Gasteiger partial charge in [0.25, 0.3) is 0 Å². The predicted octanol–water partition coefficient (Wildman–Crippen LogP) is 6.16. The Balaban J connectivity index is 1.65. The van der Waals surface area contributed by atoms with Crippen LogP contribution in [0.2, 0.25) is 0 Å². The highest BCUT2D eigenvalue weighted by Crippen LogP contribution is 2.34. The maximum absolute atomic E-state index is 14.4. The number of rotatable bonds is 8. The Morgan fingerprint density at radius 2 is 1.58 bits per heavy atom. The summed E-state index contributed by atoms with van der Waals surface area (Å²) in [6.07, 6.45) is -4.61. The van der Waals surface area contributed by atoms with Crippen LogP contribution in [0, 0.1) is 12.7 Å². The number of hydrogen-bond donors (Lipinski definition) is 0. The van der Waals surface area contributed by atoms with E-state index in [0.717, 1.165) is 22.4 Å². The molecule has 0 amide bonds. The maximum atomic E-state index is 14.4. The Kier molecular flexibility index (Phi) is 7.40. The van der Waals surface area contributed by atoms with Crippen LogP contribution >= 0.6 is 0 Å².